The minimum absolute atomic E-state index is 0.203. The molecule has 0 spiro atoms. The van der Waals surface area contributed by atoms with Crippen LogP contribution in [0.25, 0.3) is 10.8 Å². The number of azo groups is 2. The zero-order chi connectivity index (χ0) is 47.8. The molecule has 4 rings (SSSR count). The van der Waals surface area contributed by atoms with Crippen LogP contribution in [0.1, 0.15) is 0 Å². The summed E-state index contributed by atoms with van der Waals surface area (Å²) in [4.78, 5) is -2.27. The molecule has 64 heavy (non-hydrogen) atoms. The highest BCUT2D eigenvalue weighted by molar-refractivity contribution is 7.94. The lowest BCUT2D eigenvalue weighted by molar-refractivity contribution is -0.434. The number of phenols is 1. The number of benzene rings is 4. The number of nitrogen functional groups attached to an aromatic ring is 1. The number of hydrogen-bond acceptors (Lipinski definition) is 27. The molecular formula is C30H33N5O23S6. The van der Waals surface area contributed by atoms with E-state index in [4.69, 9.17) is 39.7 Å². The van der Waals surface area contributed by atoms with Crippen molar-refractivity contribution in [3.63, 3.8) is 0 Å². The number of nitrogens with zero attached hydrogens (tertiary/aromatic N) is 4. The summed E-state index contributed by atoms with van der Waals surface area (Å²) in [6.07, 6.45) is 0. The maximum atomic E-state index is 13.1. The van der Waals surface area contributed by atoms with Crippen LogP contribution in [0, 0.1) is 0 Å². The average molecular weight is 1020 g/mol. The van der Waals surface area contributed by atoms with E-state index in [9.17, 15) is 47.5 Å². The Labute approximate surface area is 368 Å². The molecule has 28 nitrogen and oxygen atoms in total. The molecule has 0 heterocycles. The van der Waals surface area contributed by atoms with Gasteiger partial charge in [0.25, 0.3) is 10.1 Å². The molecule has 0 radical (unpaired) electrons. The average Bonchev–Trinajstić information content (AvgIpc) is 3.22. The number of hydrogen-bond donors (Lipinski definition) is 6. The summed E-state index contributed by atoms with van der Waals surface area (Å²) >= 11 is -2.16. The molecule has 0 saturated heterocycles. The van der Waals surface area contributed by atoms with E-state index in [-0.39, 0.29) is 50.9 Å². The number of aromatic hydroxyl groups is 1. The molecule has 0 aliphatic rings. The van der Waals surface area contributed by atoms with Gasteiger partial charge in [-0.2, -0.15) is 16.8 Å². The summed E-state index contributed by atoms with van der Waals surface area (Å²) in [5.41, 5.74) is 3.82. The molecule has 7 N–H and O–H groups in total. The SMILES string of the molecule is COc1cc(S(=O)(=O)CCOS(=O)(=O)O)c(OC)cc1N=Nc1c(S(=O)(=O)O)cc2cc(SOOO)c(N=Nc3cc(OC)c(S(=O)(=O)CCS(=O)OOO)cc3OC)c(O)c2c1N. The lowest BCUT2D eigenvalue weighted by Crippen LogP contribution is -2.16. The van der Waals surface area contributed by atoms with Crippen LogP contribution in [-0.2, 0) is 74.2 Å². The van der Waals surface area contributed by atoms with Gasteiger partial charge in [-0.3, -0.25) is 9.11 Å². The van der Waals surface area contributed by atoms with E-state index in [1.807, 2.05) is 0 Å². The summed E-state index contributed by atoms with van der Waals surface area (Å²) in [5.74, 6) is -4.57. The van der Waals surface area contributed by atoms with Crippen molar-refractivity contribution >= 4 is 103 Å². The zero-order valence-electron chi connectivity index (χ0n) is 32.7. The van der Waals surface area contributed by atoms with E-state index in [1.54, 1.807) is 0 Å². The van der Waals surface area contributed by atoms with Gasteiger partial charge >= 0.3 is 10.4 Å². The number of phenolic OH excluding ortho intramolecular Hbond substituents is 1. The predicted molar refractivity (Wildman–Crippen MR) is 217 cm³/mol. The van der Waals surface area contributed by atoms with Crippen LogP contribution < -0.4 is 24.7 Å². The molecule has 0 saturated carbocycles. The number of anilines is 1. The summed E-state index contributed by atoms with van der Waals surface area (Å²) in [7, 11) is -14.5. The first-order valence-electron chi connectivity index (χ1n) is 16.5. The quantitative estimate of drug-likeness (QED) is 0.0152. The van der Waals surface area contributed by atoms with Crippen LogP contribution in [0.2, 0.25) is 0 Å². The lowest BCUT2D eigenvalue weighted by Gasteiger charge is -2.15. The van der Waals surface area contributed by atoms with Crippen LogP contribution in [0.3, 0.4) is 0 Å². The first-order valence-corrected chi connectivity index (χ1v) is 24.6. The highest BCUT2D eigenvalue weighted by atomic mass is 32.3. The highest BCUT2D eigenvalue weighted by Gasteiger charge is 2.28. The van der Waals surface area contributed by atoms with Crippen molar-refractivity contribution in [3.05, 3.63) is 36.4 Å². The van der Waals surface area contributed by atoms with Crippen molar-refractivity contribution in [2.24, 2.45) is 20.5 Å². The Hall–Kier alpha value is -4.92. The molecule has 0 fully saturated rings. The first-order chi connectivity index (χ1) is 30.0. The lowest BCUT2D eigenvalue weighted by atomic mass is 10.1. The van der Waals surface area contributed by atoms with Gasteiger partial charge in [0.15, 0.2) is 36.5 Å². The molecule has 4 aromatic carbocycles. The molecule has 352 valence electrons. The van der Waals surface area contributed by atoms with Crippen molar-refractivity contribution in [1.29, 1.82) is 0 Å². The van der Waals surface area contributed by atoms with Gasteiger partial charge in [-0.1, -0.05) is 10.1 Å². The molecule has 0 aliphatic carbocycles. The van der Waals surface area contributed by atoms with Gasteiger partial charge in [0.05, 0.1) is 80.3 Å². The van der Waals surface area contributed by atoms with Gasteiger partial charge in [-0.05, 0) is 17.5 Å². The fourth-order valence-corrected chi connectivity index (χ4v) is 10.6. The van der Waals surface area contributed by atoms with E-state index < -0.39 is 124 Å². The van der Waals surface area contributed by atoms with Gasteiger partial charge in [0, 0.05) is 24.3 Å². The highest BCUT2D eigenvalue weighted by Crippen LogP contribution is 2.50. The largest absolute Gasteiger partial charge is 0.505 e. The van der Waals surface area contributed by atoms with Crippen molar-refractivity contribution in [2.45, 2.75) is 19.6 Å². The Morgan fingerprint density at radius 3 is 1.66 bits per heavy atom. The molecule has 34 heteroatoms. The van der Waals surface area contributed by atoms with Gasteiger partial charge in [-0.15, -0.1) is 29.1 Å². The summed E-state index contributed by atoms with van der Waals surface area (Å²) in [5, 5.41) is 51.0. The first kappa shape index (κ1) is 51.7. The molecule has 1 atom stereocenters. The molecule has 0 aliphatic heterocycles. The molecule has 0 bridgehead atoms. The zero-order valence-corrected chi connectivity index (χ0v) is 37.6. The summed E-state index contributed by atoms with van der Waals surface area (Å²) in [6, 6.07) is 5.81. The smallest absolute Gasteiger partial charge is 0.397 e. The molecule has 4 aromatic rings. The second kappa shape index (κ2) is 21.4. The monoisotopic (exact) mass is 1020 g/mol. The number of sulfone groups is 2. The number of ether oxygens (including phenoxy) is 4. The van der Waals surface area contributed by atoms with Crippen molar-refractivity contribution in [3.8, 4) is 28.7 Å². The van der Waals surface area contributed by atoms with Crippen LogP contribution in [0.5, 0.6) is 28.7 Å². The minimum Gasteiger partial charge on any atom is -0.505 e. The van der Waals surface area contributed by atoms with Crippen LogP contribution in [0.4, 0.5) is 28.4 Å². The maximum absolute atomic E-state index is 13.1. The van der Waals surface area contributed by atoms with E-state index >= 15 is 0 Å². The predicted octanol–water partition coefficient (Wildman–Crippen LogP) is 4.12. The van der Waals surface area contributed by atoms with E-state index in [0.29, 0.717) is 0 Å². The molecule has 0 amide bonds. The minimum atomic E-state index is -5.24. The van der Waals surface area contributed by atoms with E-state index in [1.165, 1.54) is 0 Å². The van der Waals surface area contributed by atoms with Gasteiger partial charge in [0.2, 0.25) is 0 Å². The Bertz CT molecular complexity index is 2950. The van der Waals surface area contributed by atoms with Crippen molar-refractivity contribution in [1.82, 2.24) is 0 Å². The second-order valence-corrected chi connectivity index (χ2v) is 20.3. The van der Waals surface area contributed by atoms with Crippen molar-refractivity contribution in [2.75, 3.05) is 58.0 Å². The standard InChI is InChI=1S/C30H33N5O23S6/c1-50-18-13-23(61(40,41)7-5-54-64(47,48)49)20(52-3)12-17(18)33-35-29-25(63(44,45)46)10-15-9-22(59-57-55-37)28(30(36)26(15)27(29)31)34-32-16-11-21(53-4)24(14-19(16)51-2)62(42,43)8-6-60(39)58-56-38/h9-14,36-38H,5-8,31H2,1-4H3,(H,44,45,46)(H,47,48,49). The summed E-state index contributed by atoms with van der Waals surface area (Å²) in [6.45, 7) is -0.984. The fraction of sp³-hybridized carbons (Fsp3) is 0.267. The summed E-state index contributed by atoms with van der Waals surface area (Å²) < 4.78 is 164. The number of rotatable bonds is 23. The topological polar surface area (TPSA) is 413 Å². The number of fused-ring (bicyclic) bond motifs is 1. The second-order valence-electron chi connectivity index (χ2n) is 11.8. The third kappa shape index (κ3) is 12.4. The van der Waals surface area contributed by atoms with E-state index in [2.05, 4.69) is 43.4 Å². The van der Waals surface area contributed by atoms with Crippen LogP contribution in [-0.4, -0.2) is 115 Å². The van der Waals surface area contributed by atoms with Gasteiger partial charge < -0.3 is 29.8 Å². The van der Waals surface area contributed by atoms with Gasteiger partial charge in [-0.25, -0.2) is 35.7 Å². The fourth-order valence-electron chi connectivity index (χ4n) is 5.29. The van der Waals surface area contributed by atoms with Crippen LogP contribution >= 0.6 is 12.0 Å². The third-order valence-electron chi connectivity index (χ3n) is 8.07. The Morgan fingerprint density at radius 1 is 0.672 bits per heavy atom. The van der Waals surface area contributed by atoms with E-state index in [0.717, 1.165) is 64.8 Å². The molecular weight excluding hydrogens is 991 g/mol. The number of methoxy groups -OCH3 is 4. The van der Waals surface area contributed by atoms with Gasteiger partial charge in [0.1, 0.15) is 60.4 Å². The number of nitrogens with two attached hydrogens (primary N) is 1. The Balaban J connectivity index is 1.91. The van der Waals surface area contributed by atoms with Crippen LogP contribution in [0.15, 0.2) is 76.4 Å². The Kier molecular flexibility index (Phi) is 17.3. The Morgan fingerprint density at radius 2 is 1.19 bits per heavy atom. The molecule has 0 aromatic heterocycles. The van der Waals surface area contributed by atoms with Crippen molar-refractivity contribution < 1.29 is 104 Å². The molecule has 1 unspecified atom stereocenters. The maximum Gasteiger partial charge on any atom is 0.397 e. The third-order valence-corrected chi connectivity index (χ3v) is 14.5. The normalized spacial score (nSPS) is 13.2.